The van der Waals surface area contributed by atoms with E-state index < -0.39 is 0 Å². The smallest absolute Gasteiger partial charge is 0.307 e. The molecule has 0 saturated carbocycles. The Morgan fingerprint density at radius 2 is 1.83 bits per heavy atom. The van der Waals surface area contributed by atoms with Gasteiger partial charge >= 0.3 is 5.97 Å². The summed E-state index contributed by atoms with van der Waals surface area (Å²) >= 11 is 11.9. The lowest BCUT2D eigenvalue weighted by Crippen LogP contribution is -2.32. The summed E-state index contributed by atoms with van der Waals surface area (Å²) in [7, 11) is 1.32. The van der Waals surface area contributed by atoms with Crippen molar-refractivity contribution in [2.24, 2.45) is 0 Å². The van der Waals surface area contributed by atoms with Gasteiger partial charge in [-0.25, -0.2) is 0 Å². The number of ether oxygens (including phenoxy) is 1. The van der Waals surface area contributed by atoms with Gasteiger partial charge in [-0.15, -0.1) is 0 Å². The van der Waals surface area contributed by atoms with E-state index in [-0.39, 0.29) is 24.8 Å². The number of esters is 1. The third kappa shape index (κ3) is 4.94. The van der Waals surface area contributed by atoms with Gasteiger partial charge in [0.05, 0.1) is 23.6 Å². The number of carbonyl (C=O) groups excluding carboxylic acids is 2. The second kappa shape index (κ2) is 8.66. The molecule has 1 aromatic carbocycles. The maximum Gasteiger partial charge on any atom is 0.307 e. The van der Waals surface area contributed by atoms with Crippen molar-refractivity contribution in [1.82, 2.24) is 9.88 Å². The fourth-order valence-electron chi connectivity index (χ4n) is 2.10. The van der Waals surface area contributed by atoms with Gasteiger partial charge in [0.15, 0.2) is 0 Å². The van der Waals surface area contributed by atoms with Crippen LogP contribution in [-0.4, -0.2) is 35.4 Å². The number of amides is 1. The van der Waals surface area contributed by atoms with E-state index in [0.717, 1.165) is 5.56 Å². The summed E-state index contributed by atoms with van der Waals surface area (Å²) in [5, 5.41) is 0.683. The van der Waals surface area contributed by atoms with Crippen LogP contribution >= 0.6 is 23.2 Å². The van der Waals surface area contributed by atoms with E-state index in [2.05, 4.69) is 9.72 Å². The minimum Gasteiger partial charge on any atom is -0.469 e. The van der Waals surface area contributed by atoms with E-state index in [1.54, 1.807) is 29.4 Å². The standard InChI is InChI=1S/C17H16Cl2N2O3/c1-24-16(22)6-9-21(11-12-4-7-20-8-5-12)17(23)13-2-3-14(18)15(19)10-13/h2-5,7-8,10H,6,9,11H2,1H3. The highest BCUT2D eigenvalue weighted by molar-refractivity contribution is 6.42. The second-order valence-electron chi connectivity index (χ2n) is 5.04. The van der Waals surface area contributed by atoms with Gasteiger partial charge in [0.25, 0.3) is 5.91 Å². The number of hydrogen-bond donors (Lipinski definition) is 0. The zero-order valence-electron chi connectivity index (χ0n) is 13.0. The zero-order valence-corrected chi connectivity index (χ0v) is 14.5. The van der Waals surface area contributed by atoms with Gasteiger partial charge < -0.3 is 9.64 Å². The van der Waals surface area contributed by atoms with Gasteiger partial charge in [0, 0.05) is 31.0 Å². The summed E-state index contributed by atoms with van der Waals surface area (Å²) in [6.07, 6.45) is 3.41. The Balaban J connectivity index is 2.20. The lowest BCUT2D eigenvalue weighted by Gasteiger charge is -2.22. The first-order valence-corrected chi connectivity index (χ1v) is 7.97. The third-order valence-electron chi connectivity index (χ3n) is 3.39. The van der Waals surface area contributed by atoms with E-state index in [9.17, 15) is 9.59 Å². The van der Waals surface area contributed by atoms with Crippen molar-refractivity contribution >= 4 is 35.1 Å². The molecule has 0 N–H and O–H groups in total. The third-order valence-corrected chi connectivity index (χ3v) is 4.13. The van der Waals surface area contributed by atoms with E-state index in [0.29, 0.717) is 22.2 Å². The van der Waals surface area contributed by atoms with Gasteiger partial charge in [-0.3, -0.25) is 14.6 Å². The van der Waals surface area contributed by atoms with Gasteiger partial charge in [-0.2, -0.15) is 0 Å². The predicted molar refractivity (Wildman–Crippen MR) is 92.1 cm³/mol. The van der Waals surface area contributed by atoms with Crippen LogP contribution in [0.25, 0.3) is 0 Å². The number of hydrogen-bond acceptors (Lipinski definition) is 4. The van der Waals surface area contributed by atoms with Crippen LogP contribution in [0.15, 0.2) is 42.7 Å². The molecule has 0 aliphatic carbocycles. The van der Waals surface area contributed by atoms with Crippen molar-refractivity contribution in [1.29, 1.82) is 0 Å². The van der Waals surface area contributed by atoms with Crippen molar-refractivity contribution in [3.8, 4) is 0 Å². The topological polar surface area (TPSA) is 59.5 Å². The highest BCUT2D eigenvalue weighted by Crippen LogP contribution is 2.23. The van der Waals surface area contributed by atoms with Crippen LogP contribution in [0.3, 0.4) is 0 Å². The number of rotatable bonds is 6. The summed E-state index contributed by atoms with van der Waals surface area (Å²) in [6.45, 7) is 0.576. The molecule has 5 nitrogen and oxygen atoms in total. The molecule has 0 atom stereocenters. The molecule has 1 heterocycles. The highest BCUT2D eigenvalue weighted by Gasteiger charge is 2.18. The van der Waals surface area contributed by atoms with Crippen LogP contribution in [0.2, 0.25) is 10.0 Å². The Morgan fingerprint density at radius 3 is 2.46 bits per heavy atom. The Morgan fingerprint density at radius 1 is 1.12 bits per heavy atom. The molecule has 0 spiro atoms. The van der Waals surface area contributed by atoms with Gasteiger partial charge in [-0.05, 0) is 35.9 Å². The zero-order chi connectivity index (χ0) is 17.5. The van der Waals surface area contributed by atoms with Gasteiger partial charge in [0.1, 0.15) is 0 Å². The summed E-state index contributed by atoms with van der Waals surface area (Å²) in [6, 6.07) is 8.32. The Bertz CT molecular complexity index is 723. The fourth-order valence-corrected chi connectivity index (χ4v) is 2.40. The number of benzene rings is 1. The minimum atomic E-state index is -0.378. The predicted octanol–water partition coefficient (Wildman–Crippen LogP) is 3.59. The molecule has 0 unspecified atom stereocenters. The quantitative estimate of drug-likeness (QED) is 0.732. The first-order chi connectivity index (χ1) is 11.5. The average Bonchev–Trinajstić information content (AvgIpc) is 2.60. The molecule has 7 heteroatoms. The van der Waals surface area contributed by atoms with Gasteiger partial charge in [0.2, 0.25) is 0 Å². The summed E-state index contributed by atoms with van der Waals surface area (Å²) < 4.78 is 4.65. The normalized spacial score (nSPS) is 10.3. The van der Waals surface area contributed by atoms with E-state index in [4.69, 9.17) is 23.2 Å². The largest absolute Gasteiger partial charge is 0.469 e. The molecule has 0 saturated heterocycles. The molecule has 0 aliphatic heterocycles. The van der Waals surface area contributed by atoms with Crippen molar-refractivity contribution in [3.05, 3.63) is 63.9 Å². The van der Waals surface area contributed by atoms with Crippen molar-refractivity contribution in [2.75, 3.05) is 13.7 Å². The highest BCUT2D eigenvalue weighted by atomic mass is 35.5. The van der Waals surface area contributed by atoms with E-state index >= 15 is 0 Å². The summed E-state index contributed by atoms with van der Waals surface area (Å²) in [5.74, 6) is -0.619. The van der Waals surface area contributed by atoms with E-state index in [1.165, 1.54) is 13.2 Å². The van der Waals surface area contributed by atoms with E-state index in [1.807, 2.05) is 12.1 Å². The second-order valence-corrected chi connectivity index (χ2v) is 5.85. The molecule has 1 aromatic heterocycles. The Kier molecular flexibility index (Phi) is 6.58. The SMILES string of the molecule is COC(=O)CCN(Cc1ccncc1)C(=O)c1ccc(Cl)c(Cl)c1. The summed E-state index contributed by atoms with van der Waals surface area (Å²) in [4.78, 5) is 29.7. The van der Waals surface area contributed by atoms with Crippen LogP contribution in [0.4, 0.5) is 0 Å². The molecule has 24 heavy (non-hydrogen) atoms. The van der Waals surface area contributed by atoms with Crippen LogP contribution < -0.4 is 0 Å². The maximum absolute atomic E-state index is 12.8. The number of methoxy groups -OCH3 is 1. The number of carbonyl (C=O) groups is 2. The fraction of sp³-hybridized carbons (Fsp3) is 0.235. The number of pyridine rings is 1. The first-order valence-electron chi connectivity index (χ1n) is 7.21. The molecule has 2 aromatic rings. The number of aromatic nitrogens is 1. The molecule has 0 radical (unpaired) electrons. The van der Waals surface area contributed by atoms with Crippen molar-refractivity contribution in [2.45, 2.75) is 13.0 Å². The molecule has 126 valence electrons. The van der Waals surface area contributed by atoms with Crippen molar-refractivity contribution in [3.63, 3.8) is 0 Å². The molecule has 1 amide bonds. The van der Waals surface area contributed by atoms with Crippen LogP contribution in [-0.2, 0) is 16.1 Å². The van der Waals surface area contributed by atoms with Crippen LogP contribution in [0.1, 0.15) is 22.3 Å². The maximum atomic E-state index is 12.8. The van der Waals surface area contributed by atoms with Gasteiger partial charge in [-0.1, -0.05) is 23.2 Å². The van der Waals surface area contributed by atoms with Crippen LogP contribution in [0, 0.1) is 0 Å². The molecule has 0 aliphatic rings. The lowest BCUT2D eigenvalue weighted by molar-refractivity contribution is -0.140. The summed E-state index contributed by atoms with van der Waals surface area (Å²) in [5.41, 5.74) is 1.31. The Hall–Kier alpha value is -2.11. The number of nitrogens with zero attached hydrogens (tertiary/aromatic N) is 2. The van der Waals surface area contributed by atoms with Crippen molar-refractivity contribution < 1.29 is 14.3 Å². The minimum absolute atomic E-state index is 0.106. The lowest BCUT2D eigenvalue weighted by atomic mass is 10.1. The monoisotopic (exact) mass is 366 g/mol. The average molecular weight is 367 g/mol. The Labute approximate surface area is 150 Å². The molecule has 2 rings (SSSR count). The molecule has 0 bridgehead atoms. The molecular weight excluding hydrogens is 351 g/mol. The van der Waals surface area contributed by atoms with Crippen LogP contribution in [0.5, 0.6) is 0 Å². The molecule has 0 fully saturated rings. The number of halogens is 2. The molecular formula is C17H16Cl2N2O3. The first kappa shape index (κ1) is 18.2.